The third-order valence-corrected chi connectivity index (χ3v) is 3.68. The molecule has 2 heterocycles. The molecular weight excluding hydrogens is 192 g/mol. The van der Waals surface area contributed by atoms with Gasteiger partial charge in [0.25, 0.3) is 0 Å². The topological polar surface area (TPSA) is 24.9 Å². The molecule has 1 N–H and O–H groups in total. The van der Waals surface area contributed by atoms with Gasteiger partial charge in [-0.25, -0.2) is 4.98 Å². The van der Waals surface area contributed by atoms with Crippen molar-refractivity contribution in [1.82, 2.24) is 10.3 Å². The summed E-state index contributed by atoms with van der Waals surface area (Å²) < 4.78 is 0. The largest absolute Gasteiger partial charge is 0.317 e. The van der Waals surface area contributed by atoms with Crippen molar-refractivity contribution in [1.29, 1.82) is 0 Å². The van der Waals surface area contributed by atoms with Crippen molar-refractivity contribution >= 4 is 11.3 Å². The monoisotopic (exact) mass is 210 g/mol. The van der Waals surface area contributed by atoms with Gasteiger partial charge in [0, 0.05) is 5.38 Å². The van der Waals surface area contributed by atoms with E-state index in [0.29, 0.717) is 0 Å². The molecule has 1 atom stereocenters. The van der Waals surface area contributed by atoms with Crippen molar-refractivity contribution in [3.63, 3.8) is 0 Å². The van der Waals surface area contributed by atoms with Crippen LogP contribution < -0.4 is 5.32 Å². The molecule has 3 heteroatoms. The average molecular weight is 210 g/mol. The predicted octanol–water partition coefficient (Wildman–Crippen LogP) is 2.38. The summed E-state index contributed by atoms with van der Waals surface area (Å²) in [7, 11) is 0. The molecule has 1 unspecified atom stereocenters. The standard InChI is InChI=1S/C11H18N2S/c1-9-13-11(8-14-9)7-10-3-2-5-12-6-4-10/h8,10,12H,2-7H2,1H3. The number of rotatable bonds is 2. The lowest BCUT2D eigenvalue weighted by Crippen LogP contribution is -2.14. The second-order valence-corrected chi connectivity index (χ2v) is 5.17. The molecule has 1 fully saturated rings. The third kappa shape index (κ3) is 2.79. The van der Waals surface area contributed by atoms with Crippen LogP contribution in [0.4, 0.5) is 0 Å². The van der Waals surface area contributed by atoms with Crippen molar-refractivity contribution in [2.75, 3.05) is 13.1 Å². The summed E-state index contributed by atoms with van der Waals surface area (Å²) in [5.74, 6) is 0.853. The van der Waals surface area contributed by atoms with Crippen molar-refractivity contribution < 1.29 is 0 Å². The molecule has 78 valence electrons. The summed E-state index contributed by atoms with van der Waals surface area (Å²) in [5, 5.41) is 6.87. The minimum atomic E-state index is 0.853. The summed E-state index contributed by atoms with van der Waals surface area (Å²) in [6.07, 6.45) is 5.19. The number of aromatic nitrogens is 1. The SMILES string of the molecule is Cc1nc(CC2CCCNCC2)cs1. The van der Waals surface area contributed by atoms with Gasteiger partial charge in [0.1, 0.15) is 0 Å². The Labute approximate surface area is 89.8 Å². The first-order valence-corrected chi connectivity index (χ1v) is 6.34. The van der Waals surface area contributed by atoms with Gasteiger partial charge in [-0.05, 0) is 51.6 Å². The van der Waals surface area contributed by atoms with Crippen molar-refractivity contribution in [3.8, 4) is 0 Å². The van der Waals surface area contributed by atoms with E-state index < -0.39 is 0 Å². The highest BCUT2D eigenvalue weighted by molar-refractivity contribution is 7.09. The van der Waals surface area contributed by atoms with Crippen molar-refractivity contribution in [2.45, 2.75) is 32.6 Å². The van der Waals surface area contributed by atoms with Gasteiger partial charge in [-0.2, -0.15) is 0 Å². The van der Waals surface area contributed by atoms with Gasteiger partial charge < -0.3 is 5.32 Å². The Kier molecular flexibility index (Phi) is 3.54. The van der Waals surface area contributed by atoms with Gasteiger partial charge in [0.15, 0.2) is 0 Å². The quantitative estimate of drug-likeness (QED) is 0.810. The lowest BCUT2D eigenvalue weighted by molar-refractivity contribution is 0.466. The summed E-state index contributed by atoms with van der Waals surface area (Å²) in [4.78, 5) is 4.53. The number of thiazole rings is 1. The van der Waals surface area contributed by atoms with E-state index in [1.54, 1.807) is 11.3 Å². The van der Waals surface area contributed by atoms with E-state index in [9.17, 15) is 0 Å². The molecule has 1 saturated heterocycles. The zero-order chi connectivity index (χ0) is 9.80. The maximum atomic E-state index is 4.53. The summed E-state index contributed by atoms with van der Waals surface area (Å²) in [6.45, 7) is 4.48. The second-order valence-electron chi connectivity index (χ2n) is 4.11. The van der Waals surface area contributed by atoms with Gasteiger partial charge in [-0.15, -0.1) is 11.3 Å². The molecule has 0 aliphatic carbocycles. The van der Waals surface area contributed by atoms with Crippen molar-refractivity contribution in [3.05, 3.63) is 16.1 Å². The molecule has 2 rings (SSSR count). The fraction of sp³-hybridized carbons (Fsp3) is 0.727. The zero-order valence-corrected chi connectivity index (χ0v) is 9.57. The average Bonchev–Trinajstić information content (AvgIpc) is 2.43. The maximum absolute atomic E-state index is 4.53. The Balaban J connectivity index is 1.89. The Hall–Kier alpha value is -0.410. The van der Waals surface area contributed by atoms with Crippen LogP contribution in [0.15, 0.2) is 5.38 Å². The molecule has 1 aliphatic rings. The van der Waals surface area contributed by atoms with Crippen LogP contribution in [0.1, 0.15) is 30.0 Å². The lowest BCUT2D eigenvalue weighted by atomic mass is 9.96. The highest BCUT2D eigenvalue weighted by atomic mass is 32.1. The number of hydrogen-bond acceptors (Lipinski definition) is 3. The van der Waals surface area contributed by atoms with Gasteiger partial charge >= 0.3 is 0 Å². The zero-order valence-electron chi connectivity index (χ0n) is 8.75. The van der Waals surface area contributed by atoms with Crippen LogP contribution in [0.2, 0.25) is 0 Å². The van der Waals surface area contributed by atoms with Crippen LogP contribution in [0.5, 0.6) is 0 Å². The smallest absolute Gasteiger partial charge is 0.0897 e. The van der Waals surface area contributed by atoms with Crippen LogP contribution in [0, 0.1) is 12.8 Å². The van der Waals surface area contributed by atoms with Crippen molar-refractivity contribution in [2.24, 2.45) is 5.92 Å². The van der Waals surface area contributed by atoms with E-state index in [1.807, 2.05) is 0 Å². The van der Waals surface area contributed by atoms with Crippen LogP contribution in [0.25, 0.3) is 0 Å². The van der Waals surface area contributed by atoms with Gasteiger partial charge in [0.2, 0.25) is 0 Å². The molecular formula is C11H18N2S. The Morgan fingerprint density at radius 1 is 1.50 bits per heavy atom. The normalized spacial score (nSPS) is 23.4. The van der Waals surface area contributed by atoms with Crippen LogP contribution in [-0.2, 0) is 6.42 Å². The van der Waals surface area contributed by atoms with E-state index in [-0.39, 0.29) is 0 Å². The molecule has 14 heavy (non-hydrogen) atoms. The van der Waals surface area contributed by atoms with Crippen LogP contribution in [-0.4, -0.2) is 18.1 Å². The fourth-order valence-electron chi connectivity index (χ4n) is 2.09. The van der Waals surface area contributed by atoms with E-state index in [1.165, 1.54) is 49.5 Å². The first kappa shape index (κ1) is 10.1. The highest BCUT2D eigenvalue weighted by Gasteiger charge is 2.13. The lowest BCUT2D eigenvalue weighted by Gasteiger charge is -2.10. The van der Waals surface area contributed by atoms with E-state index in [4.69, 9.17) is 0 Å². The first-order valence-electron chi connectivity index (χ1n) is 5.46. The molecule has 1 aromatic heterocycles. The molecule has 2 nitrogen and oxygen atoms in total. The molecule has 0 saturated carbocycles. The molecule has 1 aliphatic heterocycles. The Bertz CT molecular complexity index is 275. The Morgan fingerprint density at radius 3 is 3.21 bits per heavy atom. The minimum Gasteiger partial charge on any atom is -0.317 e. The van der Waals surface area contributed by atoms with Gasteiger partial charge in [-0.3, -0.25) is 0 Å². The summed E-state index contributed by atoms with van der Waals surface area (Å²) in [5.41, 5.74) is 1.31. The number of aryl methyl sites for hydroxylation is 1. The summed E-state index contributed by atoms with van der Waals surface area (Å²) >= 11 is 1.77. The van der Waals surface area contributed by atoms with E-state index in [2.05, 4.69) is 22.6 Å². The molecule has 0 radical (unpaired) electrons. The van der Waals surface area contributed by atoms with E-state index in [0.717, 1.165) is 5.92 Å². The van der Waals surface area contributed by atoms with Crippen LogP contribution >= 0.6 is 11.3 Å². The fourth-order valence-corrected chi connectivity index (χ4v) is 2.72. The maximum Gasteiger partial charge on any atom is 0.0897 e. The Morgan fingerprint density at radius 2 is 2.43 bits per heavy atom. The molecule has 0 aromatic carbocycles. The van der Waals surface area contributed by atoms with Crippen LogP contribution in [0.3, 0.4) is 0 Å². The number of hydrogen-bond donors (Lipinski definition) is 1. The van der Waals surface area contributed by atoms with Gasteiger partial charge in [-0.1, -0.05) is 0 Å². The highest BCUT2D eigenvalue weighted by Crippen LogP contribution is 2.20. The van der Waals surface area contributed by atoms with E-state index >= 15 is 0 Å². The second kappa shape index (κ2) is 4.89. The number of nitrogens with zero attached hydrogens (tertiary/aromatic N) is 1. The molecule has 1 aromatic rings. The predicted molar refractivity (Wildman–Crippen MR) is 60.8 cm³/mol. The third-order valence-electron chi connectivity index (χ3n) is 2.86. The number of nitrogens with one attached hydrogen (secondary N) is 1. The minimum absolute atomic E-state index is 0.853. The first-order chi connectivity index (χ1) is 6.84. The summed E-state index contributed by atoms with van der Waals surface area (Å²) in [6, 6.07) is 0. The molecule has 0 amide bonds. The van der Waals surface area contributed by atoms with Gasteiger partial charge in [0.05, 0.1) is 10.7 Å². The molecule has 0 spiro atoms. The molecule has 0 bridgehead atoms.